The third-order valence-corrected chi connectivity index (χ3v) is 3.09. The highest BCUT2D eigenvalue weighted by Crippen LogP contribution is 2.25. The Bertz CT molecular complexity index is 494. The summed E-state index contributed by atoms with van der Waals surface area (Å²) in [6, 6.07) is 5.06. The maximum absolute atomic E-state index is 11.7. The van der Waals surface area contributed by atoms with Gasteiger partial charge in [0.05, 0.1) is 6.42 Å². The molecule has 1 aromatic rings. The molecule has 1 amide bonds. The van der Waals surface area contributed by atoms with Crippen molar-refractivity contribution in [1.82, 2.24) is 4.90 Å². The second-order valence-electron chi connectivity index (χ2n) is 3.87. The van der Waals surface area contributed by atoms with Crippen LogP contribution < -0.4 is 0 Å². The molecular weight excluding hydrogens is 289 g/mol. The maximum Gasteiger partial charge on any atom is 0.305 e. The van der Waals surface area contributed by atoms with Gasteiger partial charge >= 0.3 is 5.97 Å². The molecule has 0 bridgehead atoms. The van der Waals surface area contributed by atoms with Crippen LogP contribution in [0.3, 0.4) is 0 Å². The number of benzene rings is 1. The monoisotopic (exact) mass is 301 g/mol. The third kappa shape index (κ3) is 4.93. The number of carboxylic acids is 1. The van der Waals surface area contributed by atoms with Gasteiger partial charge in [-0.2, -0.15) is 0 Å². The highest BCUT2D eigenvalue weighted by molar-refractivity contribution is 6.37. The lowest BCUT2D eigenvalue weighted by Gasteiger charge is -2.13. The van der Waals surface area contributed by atoms with Crippen molar-refractivity contribution < 1.29 is 14.7 Å². The first-order valence-corrected chi connectivity index (χ1v) is 6.26. The Labute approximate surface area is 121 Å². The van der Waals surface area contributed by atoms with Gasteiger partial charge in [0.25, 0.3) is 0 Å². The third-order valence-electron chi connectivity index (χ3n) is 2.43. The molecule has 0 aromatic heterocycles. The van der Waals surface area contributed by atoms with Crippen molar-refractivity contribution in [2.45, 2.75) is 6.42 Å². The van der Waals surface area contributed by atoms with Crippen LogP contribution in [0.25, 0.3) is 6.08 Å². The number of hydrogen-bond acceptors (Lipinski definition) is 2. The minimum atomic E-state index is -0.947. The summed E-state index contributed by atoms with van der Waals surface area (Å²) in [5.74, 6) is -1.25. The van der Waals surface area contributed by atoms with Crippen LogP contribution in [0.4, 0.5) is 0 Å². The Morgan fingerprint density at radius 2 is 1.89 bits per heavy atom. The molecule has 19 heavy (non-hydrogen) atoms. The van der Waals surface area contributed by atoms with Crippen LogP contribution in [0, 0.1) is 0 Å². The van der Waals surface area contributed by atoms with E-state index >= 15 is 0 Å². The molecule has 102 valence electrons. The minimum Gasteiger partial charge on any atom is -0.481 e. The first-order valence-electron chi connectivity index (χ1n) is 5.51. The SMILES string of the molecule is CN(CCC(=O)O)C(=O)C=Cc1c(Cl)cccc1Cl. The average molecular weight is 302 g/mol. The molecule has 1 aromatic carbocycles. The van der Waals surface area contributed by atoms with Crippen LogP contribution >= 0.6 is 23.2 Å². The molecule has 0 heterocycles. The van der Waals surface area contributed by atoms with Gasteiger partial charge < -0.3 is 10.0 Å². The van der Waals surface area contributed by atoms with Gasteiger partial charge in [0, 0.05) is 35.3 Å². The van der Waals surface area contributed by atoms with E-state index in [1.807, 2.05) is 0 Å². The zero-order chi connectivity index (χ0) is 14.4. The number of carbonyl (C=O) groups excluding carboxylic acids is 1. The number of aliphatic carboxylic acids is 1. The molecule has 0 aliphatic rings. The Balaban J connectivity index is 2.70. The number of carboxylic acid groups (broad SMARTS) is 1. The van der Waals surface area contributed by atoms with Gasteiger partial charge in [-0.05, 0) is 18.2 Å². The predicted molar refractivity (Wildman–Crippen MR) is 75.4 cm³/mol. The van der Waals surface area contributed by atoms with E-state index in [0.29, 0.717) is 15.6 Å². The van der Waals surface area contributed by atoms with Crippen molar-refractivity contribution in [1.29, 1.82) is 0 Å². The van der Waals surface area contributed by atoms with Crippen LogP contribution in [0.15, 0.2) is 24.3 Å². The Hall–Kier alpha value is -1.52. The van der Waals surface area contributed by atoms with Crippen LogP contribution in [0.1, 0.15) is 12.0 Å². The molecule has 0 aliphatic heterocycles. The number of likely N-dealkylation sites (N-methyl/N-ethyl adjacent to an activating group) is 1. The quantitative estimate of drug-likeness (QED) is 0.851. The zero-order valence-electron chi connectivity index (χ0n) is 10.3. The van der Waals surface area contributed by atoms with Gasteiger partial charge in [0.15, 0.2) is 0 Å². The summed E-state index contributed by atoms with van der Waals surface area (Å²) in [5, 5.41) is 9.43. The summed E-state index contributed by atoms with van der Waals surface area (Å²) in [6.45, 7) is 0.148. The van der Waals surface area contributed by atoms with Crippen LogP contribution in [-0.4, -0.2) is 35.5 Å². The molecular formula is C13H13Cl2NO3. The van der Waals surface area contributed by atoms with E-state index in [-0.39, 0.29) is 18.9 Å². The Morgan fingerprint density at radius 3 is 2.42 bits per heavy atom. The molecule has 0 atom stereocenters. The first-order chi connectivity index (χ1) is 8.91. The van der Waals surface area contributed by atoms with Gasteiger partial charge in [-0.1, -0.05) is 29.3 Å². The lowest BCUT2D eigenvalue weighted by atomic mass is 10.2. The van der Waals surface area contributed by atoms with Crippen molar-refractivity contribution in [2.24, 2.45) is 0 Å². The second kappa shape index (κ2) is 7.16. The number of rotatable bonds is 5. The fourth-order valence-corrected chi connectivity index (χ4v) is 1.85. The maximum atomic E-state index is 11.7. The predicted octanol–water partition coefficient (Wildman–Crippen LogP) is 2.94. The minimum absolute atomic E-state index is 0.0943. The number of nitrogens with zero attached hydrogens (tertiary/aromatic N) is 1. The summed E-state index contributed by atoms with van der Waals surface area (Å²) in [7, 11) is 1.53. The average Bonchev–Trinajstić information content (AvgIpc) is 2.35. The highest BCUT2D eigenvalue weighted by Gasteiger charge is 2.08. The van der Waals surface area contributed by atoms with Crippen molar-refractivity contribution >= 4 is 41.2 Å². The molecule has 0 saturated heterocycles. The van der Waals surface area contributed by atoms with E-state index in [9.17, 15) is 9.59 Å². The van der Waals surface area contributed by atoms with Crippen molar-refractivity contribution in [3.05, 3.63) is 39.9 Å². The van der Waals surface area contributed by atoms with Crippen molar-refractivity contribution in [3.8, 4) is 0 Å². The number of carbonyl (C=O) groups is 2. The summed E-state index contributed by atoms with van der Waals surface area (Å²) < 4.78 is 0. The van der Waals surface area contributed by atoms with E-state index in [2.05, 4.69) is 0 Å². The topological polar surface area (TPSA) is 57.6 Å². The lowest BCUT2D eigenvalue weighted by Crippen LogP contribution is -2.27. The highest BCUT2D eigenvalue weighted by atomic mass is 35.5. The summed E-state index contributed by atoms with van der Waals surface area (Å²) in [5.41, 5.74) is 0.561. The fourth-order valence-electron chi connectivity index (χ4n) is 1.33. The van der Waals surface area contributed by atoms with Crippen LogP contribution in [0.5, 0.6) is 0 Å². The van der Waals surface area contributed by atoms with Crippen molar-refractivity contribution in [2.75, 3.05) is 13.6 Å². The van der Waals surface area contributed by atoms with E-state index in [1.54, 1.807) is 18.2 Å². The standard InChI is InChI=1S/C13H13Cl2NO3/c1-16(8-7-13(18)19)12(17)6-5-9-10(14)3-2-4-11(9)15/h2-6H,7-8H2,1H3,(H,18,19). The molecule has 0 fully saturated rings. The number of amides is 1. The summed E-state index contributed by atoms with van der Waals surface area (Å²) in [4.78, 5) is 23.4. The lowest BCUT2D eigenvalue weighted by molar-refractivity contribution is -0.137. The summed E-state index contributed by atoms with van der Waals surface area (Å²) in [6.07, 6.45) is 2.74. The van der Waals surface area contributed by atoms with E-state index in [1.165, 1.54) is 24.1 Å². The largest absolute Gasteiger partial charge is 0.481 e. The molecule has 0 unspecified atom stereocenters. The first kappa shape index (κ1) is 15.5. The normalized spacial score (nSPS) is 10.7. The van der Waals surface area contributed by atoms with Crippen molar-refractivity contribution in [3.63, 3.8) is 0 Å². The van der Waals surface area contributed by atoms with Crippen LogP contribution in [0.2, 0.25) is 10.0 Å². The molecule has 1 N–H and O–H groups in total. The molecule has 4 nitrogen and oxygen atoms in total. The Morgan fingerprint density at radius 1 is 1.32 bits per heavy atom. The molecule has 0 spiro atoms. The molecule has 1 rings (SSSR count). The van der Waals surface area contributed by atoms with Gasteiger partial charge in [-0.3, -0.25) is 9.59 Å². The van der Waals surface area contributed by atoms with E-state index in [4.69, 9.17) is 28.3 Å². The van der Waals surface area contributed by atoms with Gasteiger partial charge in [0.2, 0.25) is 5.91 Å². The molecule has 0 aliphatic carbocycles. The smallest absolute Gasteiger partial charge is 0.305 e. The van der Waals surface area contributed by atoms with Crippen LogP contribution in [-0.2, 0) is 9.59 Å². The van der Waals surface area contributed by atoms with E-state index in [0.717, 1.165) is 0 Å². The van der Waals surface area contributed by atoms with Gasteiger partial charge in [0.1, 0.15) is 0 Å². The zero-order valence-corrected chi connectivity index (χ0v) is 11.8. The van der Waals surface area contributed by atoms with E-state index < -0.39 is 5.97 Å². The molecule has 6 heteroatoms. The fraction of sp³-hybridized carbons (Fsp3) is 0.231. The molecule has 0 radical (unpaired) electrons. The van der Waals surface area contributed by atoms with Gasteiger partial charge in [-0.15, -0.1) is 0 Å². The number of halogens is 2. The molecule has 0 saturated carbocycles. The summed E-state index contributed by atoms with van der Waals surface area (Å²) >= 11 is 11.9. The Kier molecular flexibility index (Phi) is 5.86. The second-order valence-corrected chi connectivity index (χ2v) is 4.69. The number of hydrogen-bond donors (Lipinski definition) is 1. The van der Waals surface area contributed by atoms with Gasteiger partial charge in [-0.25, -0.2) is 0 Å².